The number of benzene rings is 1. The molecule has 2 heterocycles. The highest BCUT2D eigenvalue weighted by Gasteiger charge is 2.04. The van der Waals surface area contributed by atoms with Crippen LogP contribution in [0.4, 0.5) is 0 Å². The van der Waals surface area contributed by atoms with Crippen LogP contribution in [0, 0.1) is 6.92 Å². The van der Waals surface area contributed by atoms with Crippen LogP contribution in [-0.4, -0.2) is 14.8 Å². The SMILES string of the molecule is Cc1cc2ccccc2nc1-n1cccn1. The molecule has 0 aliphatic rings. The number of hydrogen-bond donors (Lipinski definition) is 0. The van der Waals surface area contributed by atoms with Gasteiger partial charge in [0.2, 0.25) is 0 Å². The summed E-state index contributed by atoms with van der Waals surface area (Å²) in [6.45, 7) is 2.05. The van der Waals surface area contributed by atoms with Crippen LogP contribution in [0.3, 0.4) is 0 Å². The second-order valence-electron chi connectivity index (χ2n) is 3.77. The second-order valence-corrected chi connectivity index (χ2v) is 3.77. The molecule has 0 bridgehead atoms. The zero-order chi connectivity index (χ0) is 11.0. The molecule has 78 valence electrons. The van der Waals surface area contributed by atoms with Crippen LogP contribution in [-0.2, 0) is 0 Å². The van der Waals surface area contributed by atoms with Gasteiger partial charge in [-0.25, -0.2) is 9.67 Å². The van der Waals surface area contributed by atoms with E-state index in [4.69, 9.17) is 0 Å². The Bertz CT molecular complexity index is 627. The van der Waals surface area contributed by atoms with Crippen LogP contribution >= 0.6 is 0 Å². The Morgan fingerprint density at radius 2 is 2.00 bits per heavy atom. The van der Waals surface area contributed by atoms with Crippen molar-refractivity contribution in [3.8, 4) is 5.82 Å². The Balaban J connectivity index is 2.30. The van der Waals surface area contributed by atoms with Crippen molar-refractivity contribution in [3.05, 3.63) is 54.4 Å². The molecule has 0 unspecified atom stereocenters. The van der Waals surface area contributed by atoms with Gasteiger partial charge in [0, 0.05) is 17.8 Å². The third-order valence-electron chi connectivity index (χ3n) is 2.61. The van der Waals surface area contributed by atoms with Crippen molar-refractivity contribution in [1.29, 1.82) is 0 Å². The number of aromatic nitrogens is 3. The highest BCUT2D eigenvalue weighted by atomic mass is 15.3. The number of hydrogen-bond acceptors (Lipinski definition) is 2. The summed E-state index contributed by atoms with van der Waals surface area (Å²) in [5.41, 5.74) is 2.13. The summed E-state index contributed by atoms with van der Waals surface area (Å²) in [5, 5.41) is 5.37. The number of nitrogens with zero attached hydrogens (tertiary/aromatic N) is 3. The molecule has 16 heavy (non-hydrogen) atoms. The zero-order valence-corrected chi connectivity index (χ0v) is 8.96. The fourth-order valence-electron chi connectivity index (χ4n) is 1.84. The van der Waals surface area contributed by atoms with E-state index in [1.165, 1.54) is 0 Å². The lowest BCUT2D eigenvalue weighted by molar-refractivity contribution is 0.844. The van der Waals surface area contributed by atoms with Crippen molar-refractivity contribution in [3.63, 3.8) is 0 Å². The fourth-order valence-corrected chi connectivity index (χ4v) is 1.84. The summed E-state index contributed by atoms with van der Waals surface area (Å²) < 4.78 is 1.79. The smallest absolute Gasteiger partial charge is 0.156 e. The number of fused-ring (bicyclic) bond motifs is 1. The monoisotopic (exact) mass is 209 g/mol. The van der Waals surface area contributed by atoms with Crippen LogP contribution < -0.4 is 0 Å². The maximum Gasteiger partial charge on any atom is 0.156 e. The third kappa shape index (κ3) is 1.37. The summed E-state index contributed by atoms with van der Waals surface area (Å²) >= 11 is 0. The predicted molar refractivity (Wildman–Crippen MR) is 63.6 cm³/mol. The van der Waals surface area contributed by atoms with Crippen molar-refractivity contribution in [2.45, 2.75) is 6.92 Å². The Morgan fingerprint density at radius 1 is 1.12 bits per heavy atom. The molecule has 2 aromatic heterocycles. The first kappa shape index (κ1) is 9.09. The first-order valence-electron chi connectivity index (χ1n) is 5.21. The second kappa shape index (κ2) is 3.45. The van der Waals surface area contributed by atoms with E-state index < -0.39 is 0 Å². The van der Waals surface area contributed by atoms with Gasteiger partial charge in [0.05, 0.1) is 5.52 Å². The first-order chi connectivity index (χ1) is 7.84. The van der Waals surface area contributed by atoms with E-state index in [0.717, 1.165) is 22.3 Å². The highest BCUT2D eigenvalue weighted by Crippen LogP contribution is 2.18. The molecular weight excluding hydrogens is 198 g/mol. The van der Waals surface area contributed by atoms with E-state index in [-0.39, 0.29) is 0 Å². The van der Waals surface area contributed by atoms with E-state index in [9.17, 15) is 0 Å². The van der Waals surface area contributed by atoms with Crippen LogP contribution in [0.5, 0.6) is 0 Å². The summed E-state index contributed by atoms with van der Waals surface area (Å²) in [4.78, 5) is 4.62. The molecular formula is C13H11N3. The Hall–Kier alpha value is -2.16. The van der Waals surface area contributed by atoms with Gasteiger partial charge in [-0.15, -0.1) is 0 Å². The molecule has 1 aromatic carbocycles. The molecule has 0 fully saturated rings. The van der Waals surface area contributed by atoms with E-state index in [1.807, 2.05) is 30.5 Å². The minimum Gasteiger partial charge on any atom is -0.228 e. The van der Waals surface area contributed by atoms with Crippen LogP contribution in [0.2, 0.25) is 0 Å². The summed E-state index contributed by atoms with van der Waals surface area (Å²) in [7, 11) is 0. The molecule has 0 spiro atoms. The van der Waals surface area contributed by atoms with Gasteiger partial charge in [0.25, 0.3) is 0 Å². The van der Waals surface area contributed by atoms with Crippen molar-refractivity contribution < 1.29 is 0 Å². The van der Waals surface area contributed by atoms with Gasteiger partial charge in [-0.3, -0.25) is 0 Å². The van der Waals surface area contributed by atoms with Crippen molar-refractivity contribution in [2.75, 3.05) is 0 Å². The molecule has 3 nitrogen and oxygen atoms in total. The van der Waals surface area contributed by atoms with Gasteiger partial charge in [0.1, 0.15) is 0 Å². The fraction of sp³-hybridized carbons (Fsp3) is 0.0769. The Morgan fingerprint density at radius 3 is 2.81 bits per heavy atom. The number of rotatable bonds is 1. The Labute approximate surface area is 93.4 Å². The maximum absolute atomic E-state index is 4.62. The molecule has 0 atom stereocenters. The average Bonchev–Trinajstić information content (AvgIpc) is 2.81. The molecule has 0 aliphatic heterocycles. The van der Waals surface area contributed by atoms with E-state index in [2.05, 4.69) is 29.1 Å². The summed E-state index contributed by atoms with van der Waals surface area (Å²) in [5.74, 6) is 0.892. The van der Waals surface area contributed by atoms with Gasteiger partial charge < -0.3 is 0 Å². The lowest BCUT2D eigenvalue weighted by Crippen LogP contribution is -2.01. The minimum atomic E-state index is 0.892. The van der Waals surface area contributed by atoms with Gasteiger partial charge in [-0.05, 0) is 30.7 Å². The first-order valence-corrected chi connectivity index (χ1v) is 5.21. The number of para-hydroxylation sites is 1. The zero-order valence-electron chi connectivity index (χ0n) is 8.96. The maximum atomic E-state index is 4.62. The standard InChI is InChI=1S/C13H11N3/c1-10-9-11-5-2-3-6-12(11)15-13(10)16-8-4-7-14-16/h2-9H,1H3. The van der Waals surface area contributed by atoms with Crippen molar-refractivity contribution in [2.24, 2.45) is 0 Å². The molecule has 0 aliphatic carbocycles. The van der Waals surface area contributed by atoms with E-state index in [1.54, 1.807) is 10.9 Å². The molecule has 3 heteroatoms. The molecule has 0 saturated carbocycles. The van der Waals surface area contributed by atoms with Crippen molar-refractivity contribution >= 4 is 10.9 Å². The summed E-state index contributed by atoms with van der Waals surface area (Å²) in [6.07, 6.45) is 3.67. The van der Waals surface area contributed by atoms with Crippen LogP contribution in [0.1, 0.15) is 5.56 Å². The molecule has 0 saturated heterocycles. The minimum absolute atomic E-state index is 0.892. The molecule has 0 N–H and O–H groups in total. The number of aryl methyl sites for hydroxylation is 1. The van der Waals surface area contributed by atoms with Crippen LogP contribution in [0.25, 0.3) is 16.7 Å². The lowest BCUT2D eigenvalue weighted by Gasteiger charge is -2.06. The summed E-state index contributed by atoms with van der Waals surface area (Å²) in [6, 6.07) is 12.1. The van der Waals surface area contributed by atoms with Crippen molar-refractivity contribution in [1.82, 2.24) is 14.8 Å². The third-order valence-corrected chi connectivity index (χ3v) is 2.61. The van der Waals surface area contributed by atoms with E-state index in [0.29, 0.717) is 0 Å². The largest absolute Gasteiger partial charge is 0.228 e. The lowest BCUT2D eigenvalue weighted by atomic mass is 10.1. The quantitative estimate of drug-likeness (QED) is 0.617. The van der Waals surface area contributed by atoms with E-state index >= 15 is 0 Å². The highest BCUT2D eigenvalue weighted by molar-refractivity contribution is 5.80. The van der Waals surface area contributed by atoms with Gasteiger partial charge >= 0.3 is 0 Å². The molecule has 0 radical (unpaired) electrons. The normalized spacial score (nSPS) is 10.8. The van der Waals surface area contributed by atoms with Crippen LogP contribution in [0.15, 0.2) is 48.8 Å². The topological polar surface area (TPSA) is 30.7 Å². The average molecular weight is 209 g/mol. The predicted octanol–water partition coefficient (Wildman–Crippen LogP) is 2.73. The van der Waals surface area contributed by atoms with Gasteiger partial charge in [-0.1, -0.05) is 18.2 Å². The molecule has 3 rings (SSSR count). The van der Waals surface area contributed by atoms with Gasteiger partial charge in [0.15, 0.2) is 5.82 Å². The van der Waals surface area contributed by atoms with Gasteiger partial charge in [-0.2, -0.15) is 5.10 Å². The molecule has 0 amide bonds. The Kier molecular flexibility index (Phi) is 1.96. The number of pyridine rings is 1. The molecule has 3 aromatic rings.